The predicted molar refractivity (Wildman–Crippen MR) is 102 cm³/mol. The normalized spacial score (nSPS) is 10.5. The maximum Gasteiger partial charge on any atom is 0.375 e. The van der Waals surface area contributed by atoms with E-state index in [1.807, 2.05) is 0 Å². The first-order chi connectivity index (χ1) is 13.4. The fourth-order valence-corrected chi connectivity index (χ4v) is 2.76. The van der Waals surface area contributed by atoms with Crippen LogP contribution in [0.3, 0.4) is 0 Å². The number of hydrogen-bond acceptors (Lipinski definition) is 7. The van der Waals surface area contributed by atoms with E-state index in [1.54, 1.807) is 31.2 Å². The highest BCUT2D eigenvalue weighted by atomic mass is 16.5. The molecule has 3 aromatic rings. The first-order valence-electron chi connectivity index (χ1n) is 8.55. The summed E-state index contributed by atoms with van der Waals surface area (Å²) in [7, 11) is 1.53. The summed E-state index contributed by atoms with van der Waals surface area (Å²) in [6.07, 6.45) is 0. The third-order valence-electron chi connectivity index (χ3n) is 3.96. The van der Waals surface area contributed by atoms with Crippen molar-refractivity contribution in [3.63, 3.8) is 0 Å². The summed E-state index contributed by atoms with van der Waals surface area (Å²) < 4.78 is 20.9. The molecule has 0 N–H and O–H groups in total. The highest BCUT2D eigenvalue weighted by molar-refractivity contribution is 5.97. The van der Waals surface area contributed by atoms with Gasteiger partial charge in [0.05, 0.1) is 24.7 Å². The van der Waals surface area contributed by atoms with E-state index in [0.29, 0.717) is 11.3 Å². The number of carbonyl (C=O) groups is 2. The number of fused-ring (bicyclic) bond motifs is 1. The monoisotopic (exact) mass is 382 g/mol. The van der Waals surface area contributed by atoms with E-state index in [4.69, 9.17) is 18.6 Å². The van der Waals surface area contributed by atoms with Crippen LogP contribution >= 0.6 is 0 Å². The number of esters is 2. The quantitative estimate of drug-likeness (QED) is 0.492. The first kappa shape index (κ1) is 19.2. The molecule has 0 atom stereocenters. The van der Waals surface area contributed by atoms with Crippen LogP contribution in [0.15, 0.2) is 51.7 Å². The minimum Gasteiger partial charge on any atom is -0.497 e. The van der Waals surface area contributed by atoms with Crippen LogP contribution < -0.4 is 14.9 Å². The largest absolute Gasteiger partial charge is 0.497 e. The Kier molecular flexibility index (Phi) is 5.44. The maximum atomic E-state index is 13.1. The minimum absolute atomic E-state index is 0.0915. The van der Waals surface area contributed by atoms with Gasteiger partial charge in [-0.25, -0.2) is 4.79 Å². The average molecular weight is 382 g/mol. The third-order valence-corrected chi connectivity index (χ3v) is 3.96. The molecule has 0 aliphatic rings. The van der Waals surface area contributed by atoms with Crippen LogP contribution in [0.1, 0.15) is 24.4 Å². The zero-order valence-electron chi connectivity index (χ0n) is 15.6. The van der Waals surface area contributed by atoms with Crippen molar-refractivity contribution in [2.45, 2.75) is 13.8 Å². The lowest BCUT2D eigenvalue weighted by molar-refractivity contribution is -0.131. The molecule has 1 heterocycles. The number of hydrogen-bond donors (Lipinski definition) is 0. The zero-order chi connectivity index (χ0) is 20.3. The van der Waals surface area contributed by atoms with Crippen molar-refractivity contribution >= 4 is 22.9 Å². The van der Waals surface area contributed by atoms with Crippen LogP contribution in [0, 0.1) is 0 Å². The van der Waals surface area contributed by atoms with Crippen molar-refractivity contribution in [2.75, 3.05) is 13.7 Å². The molecule has 0 saturated carbocycles. The summed E-state index contributed by atoms with van der Waals surface area (Å²) in [5.41, 5.74) is 0.297. The predicted octanol–water partition coefficient (Wildman–Crippen LogP) is 3.57. The van der Waals surface area contributed by atoms with Gasteiger partial charge in [-0.3, -0.25) is 9.59 Å². The van der Waals surface area contributed by atoms with E-state index < -0.39 is 17.4 Å². The fraction of sp³-hybridized carbons (Fsp3) is 0.190. The molecule has 7 nitrogen and oxygen atoms in total. The molecule has 0 bridgehead atoms. The van der Waals surface area contributed by atoms with Gasteiger partial charge in [-0.15, -0.1) is 0 Å². The molecular weight excluding hydrogens is 364 g/mol. The molecule has 1 aromatic heterocycles. The molecule has 0 amide bonds. The molecule has 7 heteroatoms. The molecule has 0 saturated heterocycles. The van der Waals surface area contributed by atoms with Gasteiger partial charge in [0, 0.05) is 13.0 Å². The van der Waals surface area contributed by atoms with Crippen molar-refractivity contribution in [2.24, 2.45) is 0 Å². The van der Waals surface area contributed by atoms with Gasteiger partial charge >= 0.3 is 11.9 Å². The van der Waals surface area contributed by atoms with Gasteiger partial charge in [0.25, 0.3) is 0 Å². The molecule has 3 rings (SSSR count). The standard InChI is InChI=1S/C21H18O7/c1-4-26-21(24)20-18(13-5-7-14(25-3)8-6-13)19(23)16-10-9-15(27-12(2)22)11-17(16)28-20/h5-11H,4H2,1-3H3. The number of ether oxygens (including phenoxy) is 3. The van der Waals surface area contributed by atoms with Crippen LogP contribution in [-0.4, -0.2) is 25.7 Å². The molecule has 0 radical (unpaired) electrons. The zero-order valence-corrected chi connectivity index (χ0v) is 15.6. The Morgan fingerprint density at radius 2 is 1.71 bits per heavy atom. The second-order valence-corrected chi connectivity index (χ2v) is 5.84. The van der Waals surface area contributed by atoms with Gasteiger partial charge in [-0.2, -0.15) is 0 Å². The molecule has 0 aliphatic carbocycles. The van der Waals surface area contributed by atoms with Crippen LogP contribution in [-0.2, 0) is 9.53 Å². The summed E-state index contributed by atoms with van der Waals surface area (Å²) in [4.78, 5) is 36.8. The Morgan fingerprint density at radius 3 is 2.32 bits per heavy atom. The van der Waals surface area contributed by atoms with E-state index in [9.17, 15) is 14.4 Å². The Balaban J connectivity index is 2.26. The van der Waals surface area contributed by atoms with E-state index in [0.717, 1.165) is 0 Å². The topological polar surface area (TPSA) is 92.0 Å². The number of methoxy groups -OCH3 is 1. The van der Waals surface area contributed by atoms with Crippen LogP contribution in [0.5, 0.6) is 11.5 Å². The second kappa shape index (κ2) is 7.96. The van der Waals surface area contributed by atoms with Gasteiger partial charge in [0.15, 0.2) is 0 Å². The molecule has 0 spiro atoms. The minimum atomic E-state index is -0.759. The fourth-order valence-electron chi connectivity index (χ4n) is 2.76. The molecule has 0 fully saturated rings. The van der Waals surface area contributed by atoms with Crippen LogP contribution in [0.25, 0.3) is 22.1 Å². The highest BCUT2D eigenvalue weighted by Gasteiger charge is 2.23. The number of rotatable bonds is 5. The van der Waals surface area contributed by atoms with Crippen molar-refractivity contribution in [1.82, 2.24) is 0 Å². The Morgan fingerprint density at radius 1 is 1.04 bits per heavy atom. The lowest BCUT2D eigenvalue weighted by Gasteiger charge is -2.11. The molecule has 2 aromatic carbocycles. The summed E-state index contributed by atoms with van der Waals surface area (Å²) in [5.74, 6) is -0.676. The van der Waals surface area contributed by atoms with Gasteiger partial charge in [0.2, 0.25) is 11.2 Å². The van der Waals surface area contributed by atoms with E-state index in [2.05, 4.69) is 0 Å². The van der Waals surface area contributed by atoms with Crippen molar-refractivity contribution < 1.29 is 28.2 Å². The van der Waals surface area contributed by atoms with Gasteiger partial charge < -0.3 is 18.6 Å². The highest BCUT2D eigenvalue weighted by Crippen LogP contribution is 2.28. The second-order valence-electron chi connectivity index (χ2n) is 5.84. The van der Waals surface area contributed by atoms with Gasteiger partial charge in [-0.1, -0.05) is 12.1 Å². The van der Waals surface area contributed by atoms with Crippen molar-refractivity contribution in [3.8, 4) is 22.6 Å². The summed E-state index contributed by atoms with van der Waals surface area (Å²) in [6.45, 7) is 3.04. The van der Waals surface area contributed by atoms with E-state index in [-0.39, 0.29) is 34.6 Å². The van der Waals surface area contributed by atoms with Crippen molar-refractivity contribution in [1.29, 1.82) is 0 Å². The molecule has 28 heavy (non-hydrogen) atoms. The van der Waals surface area contributed by atoms with Crippen LogP contribution in [0.2, 0.25) is 0 Å². The Bertz CT molecular complexity index is 1090. The summed E-state index contributed by atoms with van der Waals surface area (Å²) in [5, 5.41) is 0.245. The number of carbonyl (C=O) groups excluding carboxylic acids is 2. The van der Waals surface area contributed by atoms with E-state index >= 15 is 0 Å². The average Bonchev–Trinajstić information content (AvgIpc) is 2.67. The Labute approximate surface area is 160 Å². The molecule has 144 valence electrons. The molecular formula is C21H18O7. The maximum absolute atomic E-state index is 13.1. The molecule has 0 aliphatic heterocycles. The van der Waals surface area contributed by atoms with Gasteiger partial charge in [-0.05, 0) is 36.8 Å². The van der Waals surface area contributed by atoms with Crippen LogP contribution in [0.4, 0.5) is 0 Å². The summed E-state index contributed by atoms with van der Waals surface area (Å²) in [6, 6.07) is 11.0. The first-order valence-corrected chi connectivity index (χ1v) is 8.55. The Hall–Kier alpha value is -3.61. The SMILES string of the molecule is CCOC(=O)c1oc2cc(OC(C)=O)ccc2c(=O)c1-c1ccc(OC)cc1. The third kappa shape index (κ3) is 3.73. The van der Waals surface area contributed by atoms with Crippen molar-refractivity contribution in [3.05, 3.63) is 58.4 Å². The summed E-state index contributed by atoms with van der Waals surface area (Å²) >= 11 is 0. The van der Waals surface area contributed by atoms with E-state index in [1.165, 1.54) is 32.2 Å². The number of benzene rings is 2. The lowest BCUT2D eigenvalue weighted by Crippen LogP contribution is -2.15. The molecule has 0 unspecified atom stereocenters. The smallest absolute Gasteiger partial charge is 0.375 e. The van der Waals surface area contributed by atoms with Gasteiger partial charge in [0.1, 0.15) is 17.1 Å². The lowest BCUT2D eigenvalue weighted by atomic mass is 10.0.